The molecule has 0 spiro atoms. The van der Waals surface area contributed by atoms with Crippen molar-refractivity contribution in [1.82, 2.24) is 10.3 Å². The summed E-state index contributed by atoms with van der Waals surface area (Å²) >= 11 is 6.16. The molecule has 3 rings (SSSR count). The van der Waals surface area contributed by atoms with Crippen LogP contribution in [0.5, 0.6) is 0 Å². The number of hydrogen-bond donors (Lipinski definition) is 2. The molecule has 0 radical (unpaired) electrons. The van der Waals surface area contributed by atoms with Crippen LogP contribution in [0, 0.1) is 13.8 Å². The standard InChI is InChI=1S/C20H21ClN2O/c1-13-7-8-16-11-17(20(24)23-19(16)14(13)2)12-22-10-9-15-5-3-4-6-18(15)21/h3-8,11,22H,9-10,12H2,1-2H3,(H,23,24). The number of nitrogens with one attached hydrogen (secondary N) is 2. The Morgan fingerprint density at radius 2 is 1.88 bits per heavy atom. The Hall–Kier alpha value is -2.10. The Morgan fingerprint density at radius 1 is 1.08 bits per heavy atom. The fourth-order valence-corrected chi connectivity index (χ4v) is 3.08. The van der Waals surface area contributed by atoms with Gasteiger partial charge in [0.1, 0.15) is 0 Å². The summed E-state index contributed by atoms with van der Waals surface area (Å²) in [5.74, 6) is 0. The molecule has 0 saturated heterocycles. The number of H-pyrrole nitrogens is 1. The van der Waals surface area contributed by atoms with Crippen molar-refractivity contribution in [3.05, 3.63) is 80.1 Å². The number of aryl methyl sites for hydroxylation is 2. The van der Waals surface area contributed by atoms with Gasteiger partial charge in [-0.1, -0.05) is 41.9 Å². The van der Waals surface area contributed by atoms with E-state index < -0.39 is 0 Å². The van der Waals surface area contributed by atoms with Crippen molar-refractivity contribution in [3.8, 4) is 0 Å². The minimum atomic E-state index is -0.0264. The second-order valence-corrected chi connectivity index (χ2v) is 6.52. The molecule has 0 aliphatic carbocycles. The fraction of sp³-hybridized carbons (Fsp3) is 0.250. The molecule has 0 aliphatic rings. The van der Waals surface area contributed by atoms with E-state index in [0.717, 1.165) is 45.6 Å². The number of benzene rings is 2. The number of rotatable bonds is 5. The van der Waals surface area contributed by atoms with E-state index in [-0.39, 0.29) is 5.56 Å². The van der Waals surface area contributed by atoms with Crippen molar-refractivity contribution in [2.75, 3.05) is 6.54 Å². The first-order valence-electron chi connectivity index (χ1n) is 8.12. The monoisotopic (exact) mass is 340 g/mol. The highest BCUT2D eigenvalue weighted by molar-refractivity contribution is 6.31. The lowest BCUT2D eigenvalue weighted by molar-refractivity contribution is 0.683. The normalized spacial score (nSPS) is 11.1. The Kier molecular flexibility index (Phi) is 5.03. The average molecular weight is 341 g/mol. The summed E-state index contributed by atoms with van der Waals surface area (Å²) in [5, 5.41) is 5.19. The maximum atomic E-state index is 12.3. The quantitative estimate of drug-likeness (QED) is 0.686. The van der Waals surface area contributed by atoms with Crippen LogP contribution in [0.3, 0.4) is 0 Å². The summed E-state index contributed by atoms with van der Waals surface area (Å²) < 4.78 is 0. The maximum Gasteiger partial charge on any atom is 0.252 e. The lowest BCUT2D eigenvalue weighted by atomic mass is 10.0. The maximum absolute atomic E-state index is 12.3. The van der Waals surface area contributed by atoms with E-state index in [1.165, 1.54) is 5.56 Å². The molecule has 1 heterocycles. The molecule has 2 aromatic carbocycles. The van der Waals surface area contributed by atoms with Crippen LogP contribution in [-0.4, -0.2) is 11.5 Å². The van der Waals surface area contributed by atoms with Gasteiger partial charge in [-0.3, -0.25) is 4.79 Å². The molecule has 4 heteroatoms. The van der Waals surface area contributed by atoms with Crippen LogP contribution in [0.15, 0.2) is 47.3 Å². The van der Waals surface area contributed by atoms with Gasteiger partial charge in [-0.05, 0) is 61.0 Å². The molecule has 1 aromatic heterocycles. The number of hydrogen-bond acceptors (Lipinski definition) is 2. The molecule has 0 atom stereocenters. The topological polar surface area (TPSA) is 44.9 Å². The number of fused-ring (bicyclic) bond motifs is 1. The summed E-state index contributed by atoms with van der Waals surface area (Å²) in [6, 6.07) is 14.0. The molecule has 24 heavy (non-hydrogen) atoms. The predicted octanol–water partition coefficient (Wildman–Crippen LogP) is 4.13. The van der Waals surface area contributed by atoms with Crippen LogP contribution in [0.1, 0.15) is 22.3 Å². The first-order valence-corrected chi connectivity index (χ1v) is 8.50. The van der Waals surface area contributed by atoms with Crippen molar-refractivity contribution in [3.63, 3.8) is 0 Å². The van der Waals surface area contributed by atoms with Gasteiger partial charge < -0.3 is 10.3 Å². The minimum Gasteiger partial charge on any atom is -0.321 e. The van der Waals surface area contributed by atoms with Gasteiger partial charge in [-0.2, -0.15) is 0 Å². The second-order valence-electron chi connectivity index (χ2n) is 6.11. The van der Waals surface area contributed by atoms with E-state index in [2.05, 4.69) is 29.4 Å². The Morgan fingerprint density at radius 3 is 2.67 bits per heavy atom. The van der Waals surface area contributed by atoms with Gasteiger partial charge in [0.25, 0.3) is 5.56 Å². The average Bonchev–Trinajstić information content (AvgIpc) is 2.57. The van der Waals surface area contributed by atoms with Gasteiger partial charge in [-0.15, -0.1) is 0 Å². The van der Waals surface area contributed by atoms with Crippen LogP contribution in [0.25, 0.3) is 10.9 Å². The molecule has 0 bridgehead atoms. The predicted molar refractivity (Wildman–Crippen MR) is 101 cm³/mol. The van der Waals surface area contributed by atoms with E-state index in [4.69, 9.17) is 11.6 Å². The van der Waals surface area contributed by atoms with Crippen LogP contribution >= 0.6 is 11.6 Å². The zero-order valence-corrected chi connectivity index (χ0v) is 14.7. The van der Waals surface area contributed by atoms with Crippen molar-refractivity contribution >= 4 is 22.5 Å². The van der Waals surface area contributed by atoms with Gasteiger partial charge in [-0.25, -0.2) is 0 Å². The van der Waals surface area contributed by atoms with Crippen LogP contribution in [0.4, 0.5) is 0 Å². The van der Waals surface area contributed by atoms with E-state index in [0.29, 0.717) is 6.54 Å². The minimum absolute atomic E-state index is 0.0264. The van der Waals surface area contributed by atoms with Crippen molar-refractivity contribution in [2.45, 2.75) is 26.8 Å². The van der Waals surface area contributed by atoms with Gasteiger partial charge in [0.15, 0.2) is 0 Å². The summed E-state index contributed by atoms with van der Waals surface area (Å²) in [6.45, 7) is 5.41. The molecule has 0 aliphatic heterocycles. The summed E-state index contributed by atoms with van der Waals surface area (Å²) in [6.07, 6.45) is 0.837. The number of aromatic nitrogens is 1. The van der Waals surface area contributed by atoms with E-state index in [9.17, 15) is 4.79 Å². The highest BCUT2D eigenvalue weighted by Gasteiger charge is 2.06. The zero-order chi connectivity index (χ0) is 17.1. The highest BCUT2D eigenvalue weighted by atomic mass is 35.5. The molecule has 0 unspecified atom stereocenters. The molecule has 124 valence electrons. The summed E-state index contributed by atoms with van der Waals surface area (Å²) in [7, 11) is 0. The number of pyridine rings is 1. The fourth-order valence-electron chi connectivity index (χ4n) is 2.85. The molecule has 0 fully saturated rings. The Bertz CT molecular complexity index is 931. The molecular weight excluding hydrogens is 320 g/mol. The first-order chi connectivity index (χ1) is 11.6. The molecule has 0 saturated carbocycles. The lowest BCUT2D eigenvalue weighted by Crippen LogP contribution is -2.23. The summed E-state index contributed by atoms with van der Waals surface area (Å²) in [4.78, 5) is 15.3. The largest absolute Gasteiger partial charge is 0.321 e. The molecule has 3 nitrogen and oxygen atoms in total. The second kappa shape index (κ2) is 7.20. The van der Waals surface area contributed by atoms with Crippen LogP contribution in [-0.2, 0) is 13.0 Å². The SMILES string of the molecule is Cc1ccc2cc(CNCCc3ccccc3Cl)c(=O)[nH]c2c1C. The van der Waals surface area contributed by atoms with Gasteiger partial charge in [0, 0.05) is 17.1 Å². The van der Waals surface area contributed by atoms with Crippen LogP contribution < -0.4 is 10.9 Å². The zero-order valence-electron chi connectivity index (χ0n) is 13.9. The van der Waals surface area contributed by atoms with Gasteiger partial charge in [0.2, 0.25) is 0 Å². The smallest absolute Gasteiger partial charge is 0.252 e. The van der Waals surface area contributed by atoms with Crippen molar-refractivity contribution < 1.29 is 0 Å². The summed E-state index contributed by atoms with van der Waals surface area (Å²) in [5.41, 5.74) is 5.09. The molecular formula is C20H21ClN2O. The van der Waals surface area contributed by atoms with Crippen molar-refractivity contribution in [1.29, 1.82) is 0 Å². The first kappa shape index (κ1) is 16.7. The highest BCUT2D eigenvalue weighted by Crippen LogP contribution is 2.19. The van der Waals surface area contributed by atoms with E-state index in [1.807, 2.05) is 37.3 Å². The Labute approximate surface area is 146 Å². The third-order valence-electron chi connectivity index (χ3n) is 4.47. The molecule has 3 aromatic rings. The molecule has 2 N–H and O–H groups in total. The number of aromatic amines is 1. The lowest BCUT2D eigenvalue weighted by Gasteiger charge is -2.09. The van der Waals surface area contributed by atoms with E-state index in [1.54, 1.807) is 0 Å². The van der Waals surface area contributed by atoms with Gasteiger partial charge in [0.05, 0.1) is 5.52 Å². The van der Waals surface area contributed by atoms with E-state index >= 15 is 0 Å². The Balaban J connectivity index is 1.69. The third kappa shape index (κ3) is 3.53. The number of halogens is 1. The van der Waals surface area contributed by atoms with Crippen molar-refractivity contribution in [2.24, 2.45) is 0 Å². The van der Waals surface area contributed by atoms with Crippen LogP contribution in [0.2, 0.25) is 5.02 Å². The molecule has 0 amide bonds. The third-order valence-corrected chi connectivity index (χ3v) is 4.84. The van der Waals surface area contributed by atoms with Gasteiger partial charge >= 0.3 is 0 Å².